The lowest BCUT2D eigenvalue weighted by atomic mass is 10.1. The Labute approximate surface area is 83.7 Å². The van der Waals surface area contributed by atoms with Crippen molar-refractivity contribution in [1.82, 2.24) is 0 Å². The highest BCUT2D eigenvalue weighted by Gasteiger charge is 2.04. The first-order valence-corrected chi connectivity index (χ1v) is 4.56. The van der Waals surface area contributed by atoms with E-state index in [-0.39, 0.29) is 0 Å². The fraction of sp³-hybridized carbons (Fsp3) is 0.300. The molecule has 0 aliphatic carbocycles. The summed E-state index contributed by atoms with van der Waals surface area (Å²) >= 11 is 4.93. The zero-order valence-electron chi connectivity index (χ0n) is 7.83. The van der Waals surface area contributed by atoms with Crippen LogP contribution in [0.2, 0.25) is 0 Å². The third kappa shape index (κ3) is 2.18. The van der Waals surface area contributed by atoms with Gasteiger partial charge in [-0.15, -0.1) is 0 Å². The van der Waals surface area contributed by atoms with Crippen molar-refractivity contribution in [2.75, 3.05) is 7.11 Å². The van der Waals surface area contributed by atoms with E-state index in [0.717, 1.165) is 23.3 Å². The summed E-state index contributed by atoms with van der Waals surface area (Å²) in [5.74, 6) is 0.844. The Balaban J connectivity index is 3.15. The van der Waals surface area contributed by atoms with Gasteiger partial charge in [0.05, 0.1) is 7.11 Å². The Morgan fingerprint density at radius 1 is 1.54 bits per heavy atom. The second-order valence-corrected chi connectivity index (χ2v) is 3.18. The highest BCUT2D eigenvalue weighted by atomic mass is 32.1. The first-order chi connectivity index (χ1) is 6.19. The zero-order valence-corrected chi connectivity index (χ0v) is 8.65. The number of hydrogen-bond donors (Lipinski definition) is 1. The van der Waals surface area contributed by atoms with Crippen molar-refractivity contribution in [2.24, 2.45) is 5.73 Å². The predicted molar refractivity (Wildman–Crippen MR) is 58.3 cm³/mol. The highest BCUT2D eigenvalue weighted by molar-refractivity contribution is 7.80. The molecule has 1 aromatic carbocycles. The molecule has 2 nitrogen and oxygen atoms in total. The summed E-state index contributed by atoms with van der Waals surface area (Å²) in [5, 5.41) is 0. The minimum Gasteiger partial charge on any atom is -0.497 e. The molecular formula is C10H13NOS. The summed E-state index contributed by atoms with van der Waals surface area (Å²) in [7, 11) is 1.65. The fourth-order valence-corrected chi connectivity index (χ4v) is 1.43. The van der Waals surface area contributed by atoms with Gasteiger partial charge in [-0.1, -0.05) is 19.1 Å². The Bertz CT molecular complexity index is 323. The van der Waals surface area contributed by atoms with Gasteiger partial charge in [0.2, 0.25) is 0 Å². The van der Waals surface area contributed by atoms with E-state index in [2.05, 4.69) is 6.92 Å². The normalized spacial score (nSPS) is 9.69. The molecule has 0 saturated heterocycles. The van der Waals surface area contributed by atoms with E-state index in [1.807, 2.05) is 18.2 Å². The molecule has 0 aliphatic heterocycles. The zero-order chi connectivity index (χ0) is 9.84. The van der Waals surface area contributed by atoms with Crippen LogP contribution in [0.15, 0.2) is 18.2 Å². The molecule has 1 aromatic rings. The summed E-state index contributed by atoms with van der Waals surface area (Å²) in [6, 6.07) is 5.74. The van der Waals surface area contributed by atoms with E-state index in [4.69, 9.17) is 22.7 Å². The molecule has 0 unspecified atom stereocenters. The monoisotopic (exact) mass is 195 g/mol. The number of nitrogens with two attached hydrogens (primary N) is 1. The van der Waals surface area contributed by atoms with Crippen LogP contribution in [0.25, 0.3) is 0 Å². The molecule has 70 valence electrons. The Hall–Kier alpha value is -1.09. The van der Waals surface area contributed by atoms with Crippen LogP contribution in [-0.4, -0.2) is 12.1 Å². The van der Waals surface area contributed by atoms with Crippen molar-refractivity contribution in [3.8, 4) is 5.75 Å². The Morgan fingerprint density at radius 2 is 2.23 bits per heavy atom. The first-order valence-electron chi connectivity index (χ1n) is 4.15. The number of methoxy groups -OCH3 is 1. The quantitative estimate of drug-likeness (QED) is 0.748. The van der Waals surface area contributed by atoms with Gasteiger partial charge in [0, 0.05) is 5.56 Å². The molecule has 0 aromatic heterocycles. The van der Waals surface area contributed by atoms with Crippen molar-refractivity contribution in [3.05, 3.63) is 29.3 Å². The van der Waals surface area contributed by atoms with Crippen LogP contribution in [0.5, 0.6) is 5.75 Å². The van der Waals surface area contributed by atoms with E-state index < -0.39 is 0 Å². The maximum Gasteiger partial charge on any atom is 0.119 e. The molecule has 0 heterocycles. The van der Waals surface area contributed by atoms with Crippen LogP contribution < -0.4 is 10.5 Å². The maximum absolute atomic E-state index is 5.57. The van der Waals surface area contributed by atoms with Crippen LogP contribution in [0.4, 0.5) is 0 Å². The molecule has 1 rings (SSSR count). The summed E-state index contributed by atoms with van der Waals surface area (Å²) in [6.07, 6.45) is 0.907. The van der Waals surface area contributed by atoms with Gasteiger partial charge in [-0.2, -0.15) is 0 Å². The summed E-state index contributed by atoms with van der Waals surface area (Å²) in [5.41, 5.74) is 7.65. The molecule has 0 aliphatic rings. The van der Waals surface area contributed by atoms with E-state index in [0.29, 0.717) is 4.99 Å². The molecule has 13 heavy (non-hydrogen) atoms. The Kier molecular flexibility index (Phi) is 3.25. The lowest BCUT2D eigenvalue weighted by molar-refractivity contribution is 0.414. The van der Waals surface area contributed by atoms with Crippen LogP contribution in [0.1, 0.15) is 18.1 Å². The molecule has 0 radical (unpaired) electrons. The SMILES string of the molecule is CCc1cc(OC)ccc1C(N)=S. The third-order valence-corrected chi connectivity index (χ3v) is 2.18. The van der Waals surface area contributed by atoms with E-state index >= 15 is 0 Å². The smallest absolute Gasteiger partial charge is 0.119 e. The topological polar surface area (TPSA) is 35.2 Å². The average molecular weight is 195 g/mol. The summed E-state index contributed by atoms with van der Waals surface area (Å²) in [4.78, 5) is 0.444. The highest BCUT2D eigenvalue weighted by Crippen LogP contribution is 2.17. The minimum absolute atomic E-state index is 0.444. The molecule has 0 spiro atoms. The molecule has 0 amide bonds. The maximum atomic E-state index is 5.57. The molecular weight excluding hydrogens is 182 g/mol. The molecule has 0 atom stereocenters. The van der Waals surface area contributed by atoms with Crippen LogP contribution in [0.3, 0.4) is 0 Å². The van der Waals surface area contributed by atoms with Crippen molar-refractivity contribution in [2.45, 2.75) is 13.3 Å². The van der Waals surface area contributed by atoms with Crippen molar-refractivity contribution >= 4 is 17.2 Å². The number of thiocarbonyl (C=S) groups is 1. The number of aryl methyl sites for hydroxylation is 1. The summed E-state index contributed by atoms with van der Waals surface area (Å²) < 4.78 is 5.11. The van der Waals surface area contributed by atoms with Gasteiger partial charge in [-0.05, 0) is 30.2 Å². The summed E-state index contributed by atoms with van der Waals surface area (Å²) in [6.45, 7) is 2.07. The van der Waals surface area contributed by atoms with Gasteiger partial charge >= 0.3 is 0 Å². The van der Waals surface area contributed by atoms with Gasteiger partial charge in [-0.25, -0.2) is 0 Å². The molecule has 2 N–H and O–H groups in total. The third-order valence-electron chi connectivity index (χ3n) is 1.96. The largest absolute Gasteiger partial charge is 0.497 e. The van der Waals surface area contributed by atoms with Crippen LogP contribution in [0, 0.1) is 0 Å². The van der Waals surface area contributed by atoms with Crippen molar-refractivity contribution in [3.63, 3.8) is 0 Å². The lowest BCUT2D eigenvalue weighted by Gasteiger charge is -2.07. The van der Waals surface area contributed by atoms with Crippen LogP contribution in [-0.2, 0) is 6.42 Å². The minimum atomic E-state index is 0.444. The fourth-order valence-electron chi connectivity index (χ4n) is 1.23. The molecule has 3 heteroatoms. The number of hydrogen-bond acceptors (Lipinski definition) is 2. The van der Waals surface area contributed by atoms with E-state index in [1.165, 1.54) is 0 Å². The Morgan fingerprint density at radius 3 is 2.69 bits per heavy atom. The molecule has 0 fully saturated rings. The predicted octanol–water partition coefficient (Wildman–Crippen LogP) is 1.89. The molecule has 0 saturated carbocycles. The second-order valence-electron chi connectivity index (χ2n) is 2.74. The van der Waals surface area contributed by atoms with E-state index in [1.54, 1.807) is 7.11 Å². The number of ether oxygens (including phenoxy) is 1. The van der Waals surface area contributed by atoms with Gasteiger partial charge in [-0.3, -0.25) is 0 Å². The number of benzene rings is 1. The van der Waals surface area contributed by atoms with Gasteiger partial charge in [0.15, 0.2) is 0 Å². The second kappa shape index (κ2) is 4.23. The molecule has 0 bridgehead atoms. The van der Waals surface area contributed by atoms with Crippen LogP contribution >= 0.6 is 12.2 Å². The standard InChI is InChI=1S/C10H13NOS/c1-3-7-6-8(12-2)4-5-9(7)10(11)13/h4-6H,3H2,1-2H3,(H2,11,13). The van der Waals surface area contributed by atoms with E-state index in [9.17, 15) is 0 Å². The van der Waals surface area contributed by atoms with Crippen molar-refractivity contribution < 1.29 is 4.74 Å². The van der Waals surface area contributed by atoms with Crippen molar-refractivity contribution in [1.29, 1.82) is 0 Å². The number of rotatable bonds is 3. The van der Waals surface area contributed by atoms with Gasteiger partial charge in [0.25, 0.3) is 0 Å². The average Bonchev–Trinajstić information content (AvgIpc) is 2.16. The first kappa shape index (κ1) is 9.99. The van der Waals surface area contributed by atoms with Gasteiger partial charge < -0.3 is 10.5 Å². The lowest BCUT2D eigenvalue weighted by Crippen LogP contribution is -2.12. The van der Waals surface area contributed by atoms with Gasteiger partial charge in [0.1, 0.15) is 10.7 Å².